The number of alkyl halides is 3. The highest BCUT2D eigenvalue weighted by Crippen LogP contribution is 2.32. The molecule has 1 N–H and O–H groups in total. The third-order valence-corrected chi connectivity index (χ3v) is 4.10. The van der Waals surface area contributed by atoms with Gasteiger partial charge in [-0.3, -0.25) is 4.90 Å². The van der Waals surface area contributed by atoms with Crippen molar-refractivity contribution in [2.45, 2.75) is 24.8 Å². The van der Waals surface area contributed by atoms with Gasteiger partial charge in [-0.2, -0.15) is 13.2 Å². The molecule has 0 unspecified atom stereocenters. The second-order valence-electron chi connectivity index (χ2n) is 5.38. The molecule has 1 heterocycles. The van der Waals surface area contributed by atoms with Crippen LogP contribution in [0.2, 0.25) is 0 Å². The molecule has 1 amide bonds. The average Bonchev–Trinajstić information content (AvgIpc) is 2.88. The number of cyclic esters (lactones) is 1. The summed E-state index contributed by atoms with van der Waals surface area (Å²) in [6, 6.07) is 4.72. The van der Waals surface area contributed by atoms with E-state index in [1.54, 1.807) is 12.1 Å². The smallest absolute Gasteiger partial charge is 0.414 e. The minimum atomic E-state index is -4.67. The first-order valence-corrected chi connectivity index (χ1v) is 8.16. The number of benzene rings is 1. The van der Waals surface area contributed by atoms with E-state index in [1.165, 1.54) is 18.1 Å². The van der Waals surface area contributed by atoms with Gasteiger partial charge in [0.15, 0.2) is 6.10 Å². The Morgan fingerprint density at radius 3 is 2.80 bits per heavy atom. The number of ether oxygens (including phenoxy) is 3. The Bertz CT molecular complexity index is 613. The summed E-state index contributed by atoms with van der Waals surface area (Å²) in [5.41, 5.74) is 0.554. The molecule has 10 heteroatoms. The lowest BCUT2D eigenvalue weighted by atomic mass is 10.2. The Labute approximate surface area is 150 Å². The number of amides is 1. The van der Waals surface area contributed by atoms with Crippen LogP contribution in [0, 0.1) is 0 Å². The van der Waals surface area contributed by atoms with Crippen LogP contribution < -0.4 is 9.64 Å². The van der Waals surface area contributed by atoms with Gasteiger partial charge in [0.1, 0.15) is 11.9 Å². The largest absolute Gasteiger partial charge is 0.492 e. The first kappa shape index (κ1) is 19.8. The number of carbonyl (C=O) groups is 1. The zero-order chi connectivity index (χ0) is 18.6. The van der Waals surface area contributed by atoms with Crippen molar-refractivity contribution in [3.05, 3.63) is 22.7 Å². The molecular formula is C15H17BrF3NO5. The van der Waals surface area contributed by atoms with E-state index in [0.717, 1.165) is 0 Å². The molecule has 2 rings (SSSR count). The van der Waals surface area contributed by atoms with Crippen LogP contribution in [0.15, 0.2) is 22.7 Å². The van der Waals surface area contributed by atoms with E-state index in [4.69, 9.17) is 19.3 Å². The molecule has 1 saturated heterocycles. The molecule has 1 aliphatic heterocycles. The summed E-state index contributed by atoms with van der Waals surface area (Å²) < 4.78 is 52.5. The number of nitrogens with zero attached hydrogens (tertiary/aromatic N) is 1. The summed E-state index contributed by atoms with van der Waals surface area (Å²) in [5.74, 6) is 0.305. The third kappa shape index (κ3) is 5.23. The SMILES string of the molecule is COC[C@H]1CN(c2ccc(OCC[C@@H](O)C(F)(F)F)c(Br)c2)C(=O)O1. The normalized spacial score (nSPS) is 19.0. The van der Waals surface area contributed by atoms with Crippen molar-refractivity contribution in [1.29, 1.82) is 0 Å². The van der Waals surface area contributed by atoms with Gasteiger partial charge < -0.3 is 19.3 Å². The van der Waals surface area contributed by atoms with E-state index < -0.39 is 24.8 Å². The van der Waals surface area contributed by atoms with Crippen LogP contribution >= 0.6 is 15.9 Å². The van der Waals surface area contributed by atoms with E-state index in [9.17, 15) is 18.0 Å². The van der Waals surface area contributed by atoms with E-state index in [1.807, 2.05) is 0 Å². The highest BCUT2D eigenvalue weighted by molar-refractivity contribution is 9.10. The number of aliphatic hydroxyl groups excluding tert-OH is 1. The highest BCUT2D eigenvalue weighted by Gasteiger charge is 2.37. The Balaban J connectivity index is 1.95. The fraction of sp³-hybridized carbons (Fsp3) is 0.533. The molecule has 0 aromatic heterocycles. The maximum Gasteiger partial charge on any atom is 0.414 e. The van der Waals surface area contributed by atoms with Gasteiger partial charge in [-0.1, -0.05) is 0 Å². The lowest BCUT2D eigenvalue weighted by molar-refractivity contribution is -0.206. The molecule has 1 fully saturated rings. The second-order valence-corrected chi connectivity index (χ2v) is 6.24. The average molecular weight is 428 g/mol. The van der Waals surface area contributed by atoms with Gasteiger partial charge in [0.2, 0.25) is 0 Å². The zero-order valence-electron chi connectivity index (χ0n) is 13.3. The van der Waals surface area contributed by atoms with Crippen molar-refractivity contribution < 1.29 is 37.3 Å². The van der Waals surface area contributed by atoms with Crippen LogP contribution in [-0.4, -0.2) is 56.5 Å². The van der Waals surface area contributed by atoms with Crippen molar-refractivity contribution in [2.24, 2.45) is 0 Å². The van der Waals surface area contributed by atoms with Gasteiger partial charge in [0, 0.05) is 19.2 Å². The van der Waals surface area contributed by atoms with E-state index in [2.05, 4.69) is 15.9 Å². The maximum absolute atomic E-state index is 12.2. The van der Waals surface area contributed by atoms with Gasteiger partial charge >= 0.3 is 12.3 Å². The van der Waals surface area contributed by atoms with Gasteiger partial charge in [-0.25, -0.2) is 4.79 Å². The number of aliphatic hydroxyl groups is 1. The van der Waals surface area contributed by atoms with Crippen LogP contribution in [0.25, 0.3) is 0 Å². The van der Waals surface area contributed by atoms with Gasteiger partial charge in [-0.05, 0) is 34.1 Å². The van der Waals surface area contributed by atoms with Crippen molar-refractivity contribution in [3.63, 3.8) is 0 Å². The lowest BCUT2D eigenvalue weighted by Gasteiger charge is -2.17. The fourth-order valence-corrected chi connectivity index (χ4v) is 2.71. The van der Waals surface area contributed by atoms with Crippen LogP contribution in [0.4, 0.5) is 23.7 Å². The summed E-state index contributed by atoms with van der Waals surface area (Å²) >= 11 is 3.25. The minimum absolute atomic E-state index is 0.284. The summed E-state index contributed by atoms with van der Waals surface area (Å²) in [7, 11) is 1.51. The van der Waals surface area contributed by atoms with E-state index >= 15 is 0 Å². The molecule has 6 nitrogen and oxygen atoms in total. The molecule has 25 heavy (non-hydrogen) atoms. The van der Waals surface area contributed by atoms with Crippen LogP contribution in [-0.2, 0) is 9.47 Å². The number of hydrogen-bond donors (Lipinski definition) is 1. The van der Waals surface area contributed by atoms with Crippen LogP contribution in [0.1, 0.15) is 6.42 Å². The van der Waals surface area contributed by atoms with Gasteiger partial charge in [0.25, 0.3) is 0 Å². The summed E-state index contributed by atoms with van der Waals surface area (Å²) in [6.07, 6.45) is -8.54. The number of rotatable bonds is 7. The molecule has 140 valence electrons. The fourth-order valence-electron chi connectivity index (χ4n) is 2.22. The molecule has 0 aliphatic carbocycles. The highest BCUT2D eigenvalue weighted by atomic mass is 79.9. The lowest BCUT2D eigenvalue weighted by Crippen LogP contribution is -2.30. The van der Waals surface area contributed by atoms with Gasteiger partial charge in [0.05, 0.1) is 24.2 Å². The number of anilines is 1. The van der Waals surface area contributed by atoms with Crippen LogP contribution in [0.5, 0.6) is 5.75 Å². The van der Waals surface area contributed by atoms with Gasteiger partial charge in [-0.15, -0.1) is 0 Å². The van der Waals surface area contributed by atoms with Crippen molar-refractivity contribution in [1.82, 2.24) is 0 Å². The van der Waals surface area contributed by atoms with E-state index in [-0.39, 0.29) is 19.3 Å². The van der Waals surface area contributed by atoms with Crippen molar-refractivity contribution in [2.75, 3.05) is 31.8 Å². The standard InChI is InChI=1S/C15H17BrF3NO5/c1-23-8-10-7-20(14(22)25-10)9-2-3-12(11(16)6-9)24-5-4-13(21)15(17,18)19/h2-3,6,10,13,21H,4-5,7-8H2,1H3/t10-,13-/m1/s1. The number of methoxy groups -OCH3 is 1. The molecule has 0 bridgehead atoms. The molecular weight excluding hydrogens is 411 g/mol. The maximum atomic E-state index is 12.2. The second kappa shape index (κ2) is 8.24. The third-order valence-electron chi connectivity index (χ3n) is 3.48. The molecule has 1 aliphatic rings. The summed E-state index contributed by atoms with van der Waals surface area (Å²) in [5, 5.41) is 8.93. The monoisotopic (exact) mass is 427 g/mol. The molecule has 0 spiro atoms. The predicted octanol–water partition coefficient (Wildman–Crippen LogP) is 3.11. The number of hydrogen-bond acceptors (Lipinski definition) is 5. The van der Waals surface area contributed by atoms with Crippen molar-refractivity contribution >= 4 is 27.7 Å². The first-order valence-electron chi connectivity index (χ1n) is 7.36. The molecule has 0 radical (unpaired) electrons. The van der Waals surface area contributed by atoms with E-state index in [0.29, 0.717) is 22.5 Å². The Morgan fingerprint density at radius 1 is 1.48 bits per heavy atom. The predicted molar refractivity (Wildman–Crippen MR) is 85.8 cm³/mol. The minimum Gasteiger partial charge on any atom is -0.492 e. The Kier molecular flexibility index (Phi) is 6.53. The molecule has 1 aromatic rings. The van der Waals surface area contributed by atoms with Crippen molar-refractivity contribution in [3.8, 4) is 5.75 Å². The number of halogens is 4. The Morgan fingerprint density at radius 2 is 2.20 bits per heavy atom. The Hall–Kier alpha value is -1.52. The molecule has 2 atom stereocenters. The first-order chi connectivity index (χ1) is 11.7. The van der Waals surface area contributed by atoms with Crippen LogP contribution in [0.3, 0.4) is 0 Å². The zero-order valence-corrected chi connectivity index (χ0v) is 14.8. The summed E-state index contributed by atoms with van der Waals surface area (Å²) in [4.78, 5) is 13.3. The topological polar surface area (TPSA) is 68.2 Å². The quantitative estimate of drug-likeness (QED) is 0.723. The molecule has 0 saturated carbocycles. The molecule has 1 aromatic carbocycles. The summed E-state index contributed by atoms with van der Waals surface area (Å²) in [6.45, 7) is 0.309. The number of carbonyl (C=O) groups excluding carboxylic acids is 1.